The second-order valence-electron chi connectivity index (χ2n) is 11.3. The summed E-state index contributed by atoms with van der Waals surface area (Å²) in [6, 6.07) is 9.41. The number of piperazine rings is 1. The van der Waals surface area contributed by atoms with E-state index in [-0.39, 0.29) is 30.1 Å². The zero-order valence-electron chi connectivity index (χ0n) is 24.5. The van der Waals surface area contributed by atoms with Gasteiger partial charge in [-0.3, -0.25) is 4.90 Å². The molecule has 0 radical (unpaired) electrons. The van der Waals surface area contributed by atoms with Crippen molar-refractivity contribution >= 4 is 22.8 Å². The lowest BCUT2D eigenvalue weighted by Crippen LogP contribution is -2.45. The van der Waals surface area contributed by atoms with Gasteiger partial charge in [-0.1, -0.05) is 13.0 Å². The number of rotatable bonds is 6. The van der Waals surface area contributed by atoms with Gasteiger partial charge in [0.15, 0.2) is 11.6 Å². The van der Waals surface area contributed by atoms with E-state index in [2.05, 4.69) is 27.1 Å². The summed E-state index contributed by atoms with van der Waals surface area (Å²) in [7, 11) is 0. The number of aromatic amines is 1. The number of carbonyl (C=O) groups excluding carboxylic acids is 1. The number of nitrogens with zero attached hydrogens (tertiary/aromatic N) is 4. The maximum atomic E-state index is 15.1. The van der Waals surface area contributed by atoms with Gasteiger partial charge in [-0.25, -0.2) is 14.2 Å². The Labute approximate surface area is 252 Å². The first-order valence-electron chi connectivity index (χ1n) is 14.8. The van der Waals surface area contributed by atoms with Crippen molar-refractivity contribution in [2.24, 2.45) is 0 Å². The molecule has 8 nitrogen and oxygen atoms in total. The zero-order chi connectivity index (χ0) is 31.0. The van der Waals surface area contributed by atoms with Gasteiger partial charge < -0.3 is 24.8 Å². The number of fused-ring (bicyclic) bond motifs is 2. The van der Waals surface area contributed by atoms with Crippen LogP contribution in [0.4, 0.5) is 28.0 Å². The van der Waals surface area contributed by atoms with E-state index in [9.17, 15) is 18.0 Å². The Morgan fingerprint density at radius 1 is 1.05 bits per heavy atom. The minimum Gasteiger partial charge on any atom is -0.453 e. The molecule has 2 aromatic heterocycles. The van der Waals surface area contributed by atoms with Gasteiger partial charge in [0, 0.05) is 57.3 Å². The average molecular weight is 611 g/mol. The number of amides is 2. The van der Waals surface area contributed by atoms with E-state index in [0.29, 0.717) is 41.9 Å². The van der Waals surface area contributed by atoms with E-state index in [0.717, 1.165) is 31.3 Å². The lowest BCUT2D eigenvalue weighted by atomic mass is 9.93. The Bertz CT molecular complexity index is 1660. The third kappa shape index (κ3) is 6.09. The molecule has 2 amide bonds. The van der Waals surface area contributed by atoms with Gasteiger partial charge in [0.25, 0.3) is 0 Å². The van der Waals surface area contributed by atoms with Gasteiger partial charge in [0.05, 0.1) is 17.0 Å². The SMILES string of the molecule is CCN1CCN(Cc2ccc(NC(=O)N3CCc4cc(F)c(Oc5ccnc6[nH]ccc56)cc4C3C)cc2C(F)(F)F)CC1. The summed E-state index contributed by atoms with van der Waals surface area (Å²) >= 11 is 0. The van der Waals surface area contributed by atoms with Crippen molar-refractivity contribution in [3.63, 3.8) is 0 Å². The van der Waals surface area contributed by atoms with E-state index >= 15 is 4.39 Å². The fourth-order valence-electron chi connectivity index (χ4n) is 6.07. The van der Waals surface area contributed by atoms with E-state index in [1.54, 1.807) is 37.5 Å². The summed E-state index contributed by atoms with van der Waals surface area (Å²) in [5.74, 6) is -0.0882. The first-order valence-corrected chi connectivity index (χ1v) is 14.8. The molecular weight excluding hydrogens is 576 g/mol. The maximum Gasteiger partial charge on any atom is 0.416 e. The first-order chi connectivity index (χ1) is 21.1. The fourth-order valence-corrected chi connectivity index (χ4v) is 6.07. The van der Waals surface area contributed by atoms with Crippen molar-refractivity contribution in [2.75, 3.05) is 44.6 Å². The molecular formula is C32H34F4N6O2. The summed E-state index contributed by atoms with van der Waals surface area (Å²) in [4.78, 5) is 26.4. The minimum atomic E-state index is -4.57. The Kier molecular flexibility index (Phi) is 8.21. The molecule has 44 heavy (non-hydrogen) atoms. The van der Waals surface area contributed by atoms with Crippen molar-refractivity contribution in [1.82, 2.24) is 24.7 Å². The standard InChI is InChI=1S/C32H34F4N6O2/c1-3-40-12-14-41(15-13-40)19-22-4-5-23(17-26(22)32(34,35)36)39-31(43)42-11-8-21-16-27(33)29(18-25(21)20(42)2)44-28-7-10-38-30-24(28)6-9-37-30/h4-7,9-10,16-18,20H,3,8,11-15,19H2,1-2H3,(H,37,38)(H,39,43). The summed E-state index contributed by atoms with van der Waals surface area (Å²) in [5, 5.41) is 3.36. The summed E-state index contributed by atoms with van der Waals surface area (Å²) in [6.45, 7) is 8.32. The monoisotopic (exact) mass is 610 g/mol. The molecule has 1 fully saturated rings. The Morgan fingerprint density at radius 2 is 1.82 bits per heavy atom. The average Bonchev–Trinajstić information content (AvgIpc) is 3.49. The van der Waals surface area contributed by atoms with Crippen LogP contribution in [0.15, 0.2) is 54.9 Å². The van der Waals surface area contributed by atoms with Crippen LogP contribution >= 0.6 is 0 Å². The van der Waals surface area contributed by atoms with Crippen LogP contribution < -0.4 is 10.1 Å². The number of benzene rings is 2. The third-order valence-corrected chi connectivity index (χ3v) is 8.61. The van der Waals surface area contributed by atoms with Crippen LogP contribution in [0.5, 0.6) is 11.5 Å². The Balaban J connectivity index is 1.18. The number of halogens is 4. The van der Waals surface area contributed by atoms with Gasteiger partial charge in [-0.15, -0.1) is 0 Å². The van der Waals surface area contributed by atoms with Crippen molar-refractivity contribution in [3.05, 3.63) is 82.9 Å². The second kappa shape index (κ2) is 12.1. The quantitative estimate of drug-likeness (QED) is 0.235. The van der Waals surface area contributed by atoms with Gasteiger partial charge in [0.1, 0.15) is 11.4 Å². The Hall–Kier alpha value is -4.16. The van der Waals surface area contributed by atoms with Crippen molar-refractivity contribution in [3.8, 4) is 11.5 Å². The molecule has 232 valence electrons. The number of likely N-dealkylation sites (N-methyl/N-ethyl adjacent to an activating group) is 1. The fraction of sp³-hybridized carbons (Fsp3) is 0.375. The number of aromatic nitrogens is 2. The molecule has 0 saturated carbocycles. The van der Waals surface area contributed by atoms with Crippen molar-refractivity contribution in [2.45, 2.75) is 39.0 Å². The van der Waals surface area contributed by atoms with Crippen LogP contribution in [0.1, 0.15) is 42.1 Å². The van der Waals surface area contributed by atoms with Gasteiger partial charge in [-0.2, -0.15) is 13.2 Å². The number of hydrogen-bond donors (Lipinski definition) is 2. The molecule has 2 N–H and O–H groups in total. The second-order valence-corrected chi connectivity index (χ2v) is 11.3. The summed E-state index contributed by atoms with van der Waals surface area (Å²) in [5.41, 5.74) is 1.55. The number of nitrogens with one attached hydrogen (secondary N) is 2. The number of H-pyrrole nitrogens is 1. The highest BCUT2D eigenvalue weighted by Crippen LogP contribution is 2.38. The van der Waals surface area contributed by atoms with Crippen LogP contribution in [0.2, 0.25) is 0 Å². The first kappa shape index (κ1) is 29.9. The molecule has 0 spiro atoms. The van der Waals surface area contributed by atoms with Gasteiger partial charge in [0.2, 0.25) is 0 Å². The topological polar surface area (TPSA) is 76.7 Å². The lowest BCUT2D eigenvalue weighted by Gasteiger charge is -2.35. The van der Waals surface area contributed by atoms with E-state index in [1.807, 2.05) is 4.90 Å². The predicted molar refractivity (Wildman–Crippen MR) is 159 cm³/mol. The van der Waals surface area contributed by atoms with Crippen molar-refractivity contribution in [1.29, 1.82) is 0 Å². The number of ether oxygens (including phenoxy) is 1. The zero-order valence-corrected chi connectivity index (χ0v) is 24.5. The van der Waals surface area contributed by atoms with E-state index in [4.69, 9.17) is 4.74 Å². The third-order valence-electron chi connectivity index (χ3n) is 8.61. The van der Waals surface area contributed by atoms with Crippen LogP contribution in [0, 0.1) is 5.82 Å². The van der Waals surface area contributed by atoms with Gasteiger partial charge >= 0.3 is 12.2 Å². The number of hydrogen-bond acceptors (Lipinski definition) is 5. The molecule has 0 bridgehead atoms. The molecule has 6 rings (SSSR count). The van der Waals surface area contributed by atoms with E-state index in [1.165, 1.54) is 23.1 Å². The Morgan fingerprint density at radius 3 is 2.57 bits per heavy atom. The normalized spacial score (nSPS) is 18.0. The molecule has 2 aliphatic heterocycles. The molecule has 4 heterocycles. The highest BCUT2D eigenvalue weighted by molar-refractivity contribution is 5.90. The molecule has 1 saturated heterocycles. The summed E-state index contributed by atoms with van der Waals surface area (Å²) in [6.07, 6.45) is -0.908. The molecule has 2 aromatic carbocycles. The highest BCUT2D eigenvalue weighted by Gasteiger charge is 2.35. The molecule has 12 heteroatoms. The predicted octanol–water partition coefficient (Wildman–Crippen LogP) is 6.80. The smallest absolute Gasteiger partial charge is 0.416 e. The van der Waals surface area contributed by atoms with Gasteiger partial charge in [-0.05, 0) is 73.0 Å². The summed E-state index contributed by atoms with van der Waals surface area (Å²) < 4.78 is 63.4. The largest absolute Gasteiger partial charge is 0.453 e. The molecule has 2 aliphatic rings. The molecule has 1 atom stereocenters. The lowest BCUT2D eigenvalue weighted by molar-refractivity contribution is -0.138. The number of pyridine rings is 1. The van der Waals surface area contributed by atoms with Crippen LogP contribution in [0.25, 0.3) is 11.0 Å². The van der Waals surface area contributed by atoms with Crippen molar-refractivity contribution < 1.29 is 27.1 Å². The molecule has 0 aliphatic carbocycles. The maximum absolute atomic E-state index is 15.1. The molecule has 1 unspecified atom stereocenters. The highest BCUT2D eigenvalue weighted by atomic mass is 19.4. The number of anilines is 1. The number of alkyl halides is 3. The minimum absolute atomic E-state index is 0.00748. The number of carbonyl (C=O) groups is 1. The van der Waals surface area contributed by atoms with Crippen LogP contribution in [0.3, 0.4) is 0 Å². The van der Waals surface area contributed by atoms with Crippen LogP contribution in [-0.2, 0) is 19.1 Å². The molecule has 4 aromatic rings. The van der Waals surface area contributed by atoms with E-state index < -0.39 is 29.6 Å². The number of urea groups is 1. The van der Waals surface area contributed by atoms with Crippen LogP contribution in [-0.4, -0.2) is 70.0 Å².